The molecular weight excluding hydrogens is 480 g/mol. The molecular formula is C21H21N6O5S2+. The Morgan fingerprint density at radius 2 is 2.18 bits per heavy atom. The smallest absolute Gasteiger partial charge is 0.352 e. The Balaban J connectivity index is 1.53. The summed E-state index contributed by atoms with van der Waals surface area (Å²) in [5.74, 6) is -1.98. The lowest BCUT2D eigenvalue weighted by molar-refractivity contribution is -0.689. The maximum absolute atomic E-state index is 13.0. The van der Waals surface area contributed by atoms with Crippen LogP contribution >= 0.6 is 23.1 Å². The standard InChI is InChI=1S/C21H20N6O5S2/c1-2-8-32-25-14(13-11-34-21(22)23-13)17(28)24-15-18(29)27-16(20(30)31)12(10-33-19(15)27)9-26-6-4-3-5-7-26/h2-7,11,15,19H,1,8-10H2,(H3-,22,23,24,28,30,31)/p+1/t15?,19-/m0/s1. The van der Waals surface area contributed by atoms with E-state index in [0.29, 0.717) is 17.9 Å². The second-order valence-electron chi connectivity index (χ2n) is 7.26. The molecule has 34 heavy (non-hydrogen) atoms. The van der Waals surface area contributed by atoms with E-state index < -0.39 is 29.2 Å². The van der Waals surface area contributed by atoms with Gasteiger partial charge in [-0.15, -0.1) is 23.1 Å². The van der Waals surface area contributed by atoms with Gasteiger partial charge in [0, 0.05) is 28.8 Å². The molecule has 0 spiro atoms. The number of anilines is 1. The number of amides is 2. The summed E-state index contributed by atoms with van der Waals surface area (Å²) in [6.07, 6.45) is 5.11. The van der Waals surface area contributed by atoms with Gasteiger partial charge in [0.2, 0.25) is 0 Å². The summed E-state index contributed by atoms with van der Waals surface area (Å²) in [4.78, 5) is 48.3. The number of thiazole rings is 1. The summed E-state index contributed by atoms with van der Waals surface area (Å²) in [5.41, 5.74) is 6.29. The Morgan fingerprint density at radius 1 is 1.41 bits per heavy atom. The minimum Gasteiger partial charge on any atom is -0.477 e. The number of carboxylic acids is 1. The van der Waals surface area contributed by atoms with Crippen LogP contribution in [0.3, 0.4) is 0 Å². The Labute approximate surface area is 202 Å². The molecule has 1 fully saturated rings. The van der Waals surface area contributed by atoms with E-state index in [4.69, 9.17) is 10.6 Å². The average Bonchev–Trinajstić information content (AvgIpc) is 3.26. The van der Waals surface area contributed by atoms with Gasteiger partial charge in [0.25, 0.3) is 11.8 Å². The van der Waals surface area contributed by atoms with Crippen LogP contribution in [-0.2, 0) is 25.8 Å². The third-order valence-corrected chi connectivity index (χ3v) is 7.03. The molecule has 4 N–H and O–H groups in total. The molecule has 4 heterocycles. The fraction of sp³-hybridized carbons (Fsp3) is 0.238. The molecule has 0 aromatic carbocycles. The molecule has 11 nitrogen and oxygen atoms in total. The molecule has 1 saturated heterocycles. The minimum absolute atomic E-state index is 0.0499. The van der Waals surface area contributed by atoms with Gasteiger partial charge in [-0.05, 0) is 0 Å². The molecule has 2 amide bonds. The largest absolute Gasteiger partial charge is 0.477 e. The molecule has 13 heteroatoms. The second kappa shape index (κ2) is 10.1. The number of rotatable bonds is 9. The molecule has 176 valence electrons. The van der Waals surface area contributed by atoms with E-state index in [1.54, 1.807) is 5.38 Å². The molecule has 2 aliphatic rings. The zero-order chi connectivity index (χ0) is 24.2. The number of thioether (sulfide) groups is 1. The molecule has 0 saturated carbocycles. The van der Waals surface area contributed by atoms with Gasteiger partial charge in [0.15, 0.2) is 29.8 Å². The van der Waals surface area contributed by atoms with Crippen molar-refractivity contribution in [3.05, 3.63) is 65.6 Å². The SMILES string of the molecule is C=CCON=C(C(=O)NC1C(=O)N2C(C(=O)O)=C(C[n+]3ccccc3)CS[C@@H]12)c1csc(N)n1. The molecule has 2 atom stereocenters. The number of β-lactam (4-membered cyclic amide) rings is 1. The zero-order valence-corrected chi connectivity index (χ0v) is 19.4. The number of hydrogen-bond donors (Lipinski definition) is 3. The summed E-state index contributed by atoms with van der Waals surface area (Å²) in [7, 11) is 0. The average molecular weight is 502 g/mol. The van der Waals surface area contributed by atoms with Crippen LogP contribution in [0.1, 0.15) is 5.69 Å². The van der Waals surface area contributed by atoms with Crippen LogP contribution in [0.4, 0.5) is 5.13 Å². The summed E-state index contributed by atoms with van der Waals surface area (Å²) >= 11 is 2.51. The number of oxime groups is 1. The highest BCUT2D eigenvalue weighted by Gasteiger charge is 2.54. The normalized spacial score (nSPS) is 19.8. The summed E-state index contributed by atoms with van der Waals surface area (Å²) in [5, 5.41) is 17.5. The number of pyridine rings is 1. The fourth-order valence-electron chi connectivity index (χ4n) is 3.53. The van der Waals surface area contributed by atoms with Gasteiger partial charge in [-0.1, -0.05) is 23.9 Å². The highest BCUT2D eigenvalue weighted by molar-refractivity contribution is 8.00. The Morgan fingerprint density at radius 3 is 2.82 bits per heavy atom. The topological polar surface area (TPSA) is 151 Å². The summed E-state index contributed by atoms with van der Waals surface area (Å²) in [6, 6.07) is 4.63. The van der Waals surface area contributed by atoms with Crippen LogP contribution in [-0.4, -0.2) is 62.3 Å². The summed E-state index contributed by atoms with van der Waals surface area (Å²) in [6.45, 7) is 3.93. The van der Waals surface area contributed by atoms with Crippen molar-refractivity contribution >= 4 is 51.7 Å². The van der Waals surface area contributed by atoms with Crippen molar-refractivity contribution in [1.82, 2.24) is 15.2 Å². The maximum Gasteiger partial charge on any atom is 0.352 e. The predicted octanol–water partition coefficient (Wildman–Crippen LogP) is 0.358. The third-order valence-electron chi connectivity index (χ3n) is 5.02. The quantitative estimate of drug-likeness (QED) is 0.111. The van der Waals surface area contributed by atoms with E-state index in [1.165, 1.54) is 22.7 Å². The van der Waals surface area contributed by atoms with Crippen LogP contribution < -0.4 is 15.6 Å². The van der Waals surface area contributed by atoms with Crippen molar-refractivity contribution < 1.29 is 28.9 Å². The zero-order valence-electron chi connectivity index (χ0n) is 17.8. The molecule has 1 unspecified atom stereocenters. The Hall–Kier alpha value is -3.71. The second-order valence-corrected chi connectivity index (χ2v) is 9.26. The molecule has 2 aromatic heterocycles. The van der Waals surface area contributed by atoms with Gasteiger partial charge >= 0.3 is 5.97 Å². The van der Waals surface area contributed by atoms with Gasteiger partial charge in [-0.3, -0.25) is 14.5 Å². The number of nitrogens with two attached hydrogens (primary N) is 1. The van der Waals surface area contributed by atoms with Gasteiger partial charge < -0.3 is 21.0 Å². The first kappa shape index (κ1) is 23.4. The first-order valence-electron chi connectivity index (χ1n) is 10.1. The molecule has 4 rings (SSSR count). The molecule has 0 bridgehead atoms. The van der Waals surface area contributed by atoms with Crippen molar-refractivity contribution in [3.63, 3.8) is 0 Å². The van der Waals surface area contributed by atoms with E-state index in [2.05, 4.69) is 22.0 Å². The lowest BCUT2D eigenvalue weighted by atomic mass is 10.0. The van der Waals surface area contributed by atoms with Crippen LogP contribution in [0, 0.1) is 0 Å². The Bertz CT molecular complexity index is 1200. The number of nitrogens with one attached hydrogen (secondary N) is 1. The first-order chi connectivity index (χ1) is 16.4. The van der Waals surface area contributed by atoms with E-state index in [9.17, 15) is 19.5 Å². The molecule has 0 radical (unpaired) electrons. The number of nitrogen functional groups attached to an aromatic ring is 1. The van der Waals surface area contributed by atoms with Gasteiger partial charge in [-0.2, -0.15) is 0 Å². The van der Waals surface area contributed by atoms with Crippen molar-refractivity contribution in [2.45, 2.75) is 18.0 Å². The monoisotopic (exact) mass is 501 g/mol. The highest BCUT2D eigenvalue weighted by atomic mass is 32.2. The van der Waals surface area contributed by atoms with Crippen LogP contribution in [0.2, 0.25) is 0 Å². The molecule has 2 aliphatic heterocycles. The number of hydrogen-bond acceptors (Lipinski definition) is 9. The maximum atomic E-state index is 13.0. The molecule has 2 aromatic rings. The van der Waals surface area contributed by atoms with Gasteiger partial charge in [0.05, 0.1) is 0 Å². The number of carbonyl (C=O) groups excluding carboxylic acids is 2. The fourth-order valence-corrected chi connectivity index (χ4v) is 5.41. The van der Waals surface area contributed by atoms with Crippen molar-refractivity contribution in [2.75, 3.05) is 18.1 Å². The predicted molar refractivity (Wildman–Crippen MR) is 126 cm³/mol. The van der Waals surface area contributed by atoms with E-state index in [1.807, 2.05) is 35.2 Å². The number of fused-ring (bicyclic) bond motifs is 1. The highest BCUT2D eigenvalue weighted by Crippen LogP contribution is 2.40. The third kappa shape index (κ3) is 4.65. The number of carbonyl (C=O) groups is 3. The van der Waals surface area contributed by atoms with Crippen LogP contribution in [0.5, 0.6) is 0 Å². The minimum atomic E-state index is -1.19. The summed E-state index contributed by atoms with van der Waals surface area (Å²) < 4.78 is 1.84. The molecule has 0 aliphatic carbocycles. The first-order valence-corrected chi connectivity index (χ1v) is 12.0. The van der Waals surface area contributed by atoms with Gasteiger partial charge in [-0.25, -0.2) is 14.3 Å². The van der Waals surface area contributed by atoms with E-state index in [-0.39, 0.29) is 28.8 Å². The lowest BCUT2D eigenvalue weighted by Crippen LogP contribution is -2.71. The van der Waals surface area contributed by atoms with E-state index >= 15 is 0 Å². The van der Waals surface area contributed by atoms with Crippen molar-refractivity contribution in [2.24, 2.45) is 5.16 Å². The van der Waals surface area contributed by atoms with Crippen molar-refractivity contribution in [1.29, 1.82) is 0 Å². The van der Waals surface area contributed by atoms with Crippen LogP contribution in [0.15, 0.2) is 65.1 Å². The number of aliphatic carboxylic acids is 1. The van der Waals surface area contributed by atoms with E-state index in [0.717, 1.165) is 11.3 Å². The van der Waals surface area contributed by atoms with Crippen LogP contribution in [0.25, 0.3) is 0 Å². The van der Waals surface area contributed by atoms with Crippen molar-refractivity contribution in [3.8, 4) is 0 Å². The number of nitrogens with zero attached hydrogens (tertiary/aromatic N) is 4. The number of aromatic nitrogens is 2. The van der Waals surface area contributed by atoms with Gasteiger partial charge in [0.1, 0.15) is 29.4 Å². The lowest BCUT2D eigenvalue weighted by Gasteiger charge is -2.49. The number of carboxylic acid groups (broad SMARTS) is 1. The Kier molecular flexibility index (Phi) is 6.93.